The number of alkyl halides is 3. The number of nitrogens with zero attached hydrogens (tertiary/aromatic N) is 1. The number of imide groups is 1. The molecule has 37 heavy (non-hydrogen) atoms. The maximum absolute atomic E-state index is 13.1. The average Bonchev–Trinajstić information content (AvgIpc) is 2.84. The molecule has 3 rings (SSSR count). The van der Waals surface area contributed by atoms with E-state index in [0.29, 0.717) is 5.56 Å². The number of aliphatic carboxylic acids is 1. The fraction of sp³-hybridized carbons (Fsp3) is 0.350. The summed E-state index contributed by atoms with van der Waals surface area (Å²) in [6.45, 7) is -0.609. The lowest BCUT2D eigenvalue weighted by Gasteiger charge is -2.55. The van der Waals surface area contributed by atoms with Crippen LogP contribution in [0.2, 0.25) is 0 Å². The van der Waals surface area contributed by atoms with E-state index in [-0.39, 0.29) is 17.1 Å². The van der Waals surface area contributed by atoms with Crippen molar-refractivity contribution in [2.24, 2.45) is 5.73 Å². The predicted molar refractivity (Wildman–Crippen MR) is 130 cm³/mol. The third-order valence-electron chi connectivity index (χ3n) is 5.33. The zero-order valence-corrected chi connectivity index (χ0v) is 21.8. The van der Waals surface area contributed by atoms with Crippen LogP contribution in [0.15, 0.2) is 35.5 Å². The molecule has 4 amide bonds. The first-order valence-corrected chi connectivity index (χ1v) is 12.3. The van der Waals surface area contributed by atoms with Gasteiger partial charge < -0.3 is 30.7 Å². The smallest absolute Gasteiger partial charge is 0.414 e. The number of phenolic OH excluding ortho intramolecular Hbond substituents is 1. The minimum atomic E-state index is -2.43. The van der Waals surface area contributed by atoms with Gasteiger partial charge in [0.2, 0.25) is 5.91 Å². The molecule has 2 heterocycles. The Morgan fingerprint density at radius 2 is 1.89 bits per heavy atom. The second-order valence-corrected chi connectivity index (χ2v) is 11.0. The number of rotatable bonds is 7. The number of halogens is 3. The molecule has 0 bridgehead atoms. The van der Waals surface area contributed by atoms with Crippen LogP contribution >= 0.6 is 46.6 Å². The van der Waals surface area contributed by atoms with E-state index in [1.165, 1.54) is 24.3 Å². The van der Waals surface area contributed by atoms with Gasteiger partial charge in [-0.25, -0.2) is 9.59 Å². The lowest BCUT2D eigenvalue weighted by atomic mass is 9.97. The molecule has 17 heteroatoms. The minimum Gasteiger partial charge on any atom is -0.508 e. The van der Waals surface area contributed by atoms with Crippen LogP contribution in [0.5, 0.6) is 5.75 Å². The number of carbonyl (C=O) groups is 5. The number of hydrogen-bond acceptors (Lipinski definition) is 10. The molecule has 1 aromatic carbocycles. The van der Waals surface area contributed by atoms with Crippen molar-refractivity contribution in [3.05, 3.63) is 41.1 Å². The zero-order chi connectivity index (χ0) is 27.7. The predicted octanol–water partition coefficient (Wildman–Crippen LogP) is 0.728. The monoisotopic (exact) mass is 596 g/mol. The standard InChI is InChI=1S/C20H19Cl3N4O9S/c1-35-19(26-13(29)11(24)8-2-4-10(28)5-3-8)16(33)27-12(14(30)31)9(7-37-17(19)27)6-36-18(34)25-15(32)20(21,22)23/h2-5,11,17,28H,6-7,24H2,1H3,(H,26,29)(H,30,31)(H,25,32,34)/t11?,17-,19+/m1/s1. The normalized spacial score (nSPS) is 21.9. The summed E-state index contributed by atoms with van der Waals surface area (Å²) in [4.78, 5) is 62.2. The number of alkyl carbamates (subject to hydrolysis) is 1. The van der Waals surface area contributed by atoms with Gasteiger partial charge in [0.15, 0.2) is 0 Å². The number of phenols is 1. The summed E-state index contributed by atoms with van der Waals surface area (Å²) < 4.78 is 7.76. The van der Waals surface area contributed by atoms with Crippen molar-refractivity contribution in [1.29, 1.82) is 0 Å². The van der Waals surface area contributed by atoms with Crippen LogP contribution in [-0.4, -0.2) is 79.3 Å². The number of fused-ring (bicyclic) bond motifs is 1. The van der Waals surface area contributed by atoms with E-state index in [2.05, 4.69) is 5.32 Å². The molecule has 2 aliphatic heterocycles. The molecule has 0 aromatic heterocycles. The van der Waals surface area contributed by atoms with Crippen LogP contribution < -0.4 is 16.4 Å². The average molecular weight is 598 g/mol. The first-order valence-electron chi connectivity index (χ1n) is 10.1. The number of methoxy groups -OCH3 is 1. The third-order valence-corrected chi connectivity index (χ3v) is 7.22. The Labute approximate surface area is 228 Å². The topological polar surface area (TPSA) is 198 Å². The largest absolute Gasteiger partial charge is 0.508 e. The van der Waals surface area contributed by atoms with Crippen molar-refractivity contribution in [3.63, 3.8) is 0 Å². The summed E-state index contributed by atoms with van der Waals surface area (Å²) in [6.07, 6.45) is -1.31. The molecule has 13 nitrogen and oxygen atoms in total. The maximum atomic E-state index is 13.1. The van der Waals surface area contributed by atoms with Gasteiger partial charge in [-0.2, -0.15) is 0 Å². The number of thioether (sulfide) groups is 1. The van der Waals surface area contributed by atoms with Gasteiger partial charge in [-0.3, -0.25) is 24.6 Å². The lowest BCUT2D eigenvalue weighted by Crippen LogP contribution is -2.81. The highest BCUT2D eigenvalue weighted by Crippen LogP contribution is 2.46. The molecule has 1 fully saturated rings. The van der Waals surface area contributed by atoms with Gasteiger partial charge in [0.1, 0.15) is 29.5 Å². The number of carbonyl (C=O) groups excluding carboxylic acids is 4. The molecule has 0 spiro atoms. The van der Waals surface area contributed by atoms with Crippen molar-refractivity contribution >= 4 is 76.3 Å². The van der Waals surface area contributed by atoms with Crippen LogP contribution in [0.3, 0.4) is 0 Å². The first kappa shape index (κ1) is 28.8. The third kappa shape index (κ3) is 5.73. The molecule has 0 aliphatic carbocycles. The minimum absolute atomic E-state index is 0.0235. The first-order chi connectivity index (χ1) is 17.2. The molecule has 0 saturated carbocycles. The number of hydrogen-bond donors (Lipinski definition) is 5. The van der Waals surface area contributed by atoms with E-state index < -0.39 is 63.0 Å². The Kier molecular flexibility index (Phi) is 8.51. The zero-order valence-electron chi connectivity index (χ0n) is 18.7. The van der Waals surface area contributed by atoms with Crippen molar-refractivity contribution in [1.82, 2.24) is 15.5 Å². The summed E-state index contributed by atoms with van der Waals surface area (Å²) in [7, 11) is 1.16. The van der Waals surface area contributed by atoms with Crippen molar-refractivity contribution < 1.29 is 43.7 Å². The highest BCUT2D eigenvalue weighted by Gasteiger charge is 2.66. The van der Waals surface area contributed by atoms with E-state index in [0.717, 1.165) is 23.8 Å². The Bertz CT molecular complexity index is 1170. The number of amides is 4. The Hall–Kier alpha value is -2.75. The highest BCUT2D eigenvalue weighted by molar-refractivity contribution is 8.00. The molecular formula is C20H19Cl3N4O9S. The van der Waals surface area contributed by atoms with E-state index in [9.17, 15) is 34.2 Å². The van der Waals surface area contributed by atoms with Gasteiger partial charge in [-0.1, -0.05) is 46.9 Å². The fourth-order valence-electron chi connectivity index (χ4n) is 3.50. The molecule has 0 radical (unpaired) electrons. The van der Waals surface area contributed by atoms with Gasteiger partial charge in [-0.05, 0) is 17.7 Å². The SMILES string of the molecule is CO[C@@]1(NC(=O)C(N)c2ccc(O)cc2)C(=O)N2C(C(=O)O)=C(COC(=O)NC(=O)C(Cl)(Cl)Cl)CS[C@@H]21. The molecule has 1 aromatic rings. The summed E-state index contributed by atoms with van der Waals surface area (Å²) in [5.74, 6) is -4.55. The number of ether oxygens (including phenoxy) is 2. The maximum Gasteiger partial charge on any atom is 0.414 e. The number of aromatic hydroxyl groups is 1. The number of benzene rings is 1. The van der Waals surface area contributed by atoms with Gasteiger partial charge in [0.05, 0.1) is 0 Å². The van der Waals surface area contributed by atoms with Crippen molar-refractivity contribution in [3.8, 4) is 5.75 Å². The summed E-state index contributed by atoms with van der Waals surface area (Å²) in [5.41, 5.74) is 3.95. The quantitative estimate of drug-likeness (QED) is 0.169. The Morgan fingerprint density at radius 3 is 2.43 bits per heavy atom. The molecule has 6 N–H and O–H groups in total. The molecular weight excluding hydrogens is 579 g/mol. The molecule has 1 saturated heterocycles. The summed E-state index contributed by atoms with van der Waals surface area (Å²) in [6, 6.07) is 4.30. The van der Waals surface area contributed by atoms with Crippen LogP contribution in [0.25, 0.3) is 0 Å². The summed E-state index contributed by atoms with van der Waals surface area (Å²) in [5, 5.41) is 22.3. The fourth-order valence-corrected chi connectivity index (χ4v) is 5.06. The molecule has 3 atom stereocenters. The molecule has 200 valence electrons. The van der Waals surface area contributed by atoms with E-state index in [4.69, 9.17) is 50.0 Å². The summed E-state index contributed by atoms with van der Waals surface area (Å²) >= 11 is 17.1. The van der Waals surface area contributed by atoms with Gasteiger partial charge in [0.25, 0.3) is 21.3 Å². The van der Waals surface area contributed by atoms with Crippen molar-refractivity contribution in [2.45, 2.75) is 20.9 Å². The van der Waals surface area contributed by atoms with Gasteiger partial charge in [-0.15, -0.1) is 11.8 Å². The van der Waals surface area contributed by atoms with E-state index in [1.807, 2.05) is 0 Å². The Morgan fingerprint density at radius 1 is 1.27 bits per heavy atom. The second kappa shape index (κ2) is 10.9. The van der Waals surface area contributed by atoms with Gasteiger partial charge in [0, 0.05) is 18.4 Å². The number of nitrogens with two attached hydrogens (primary N) is 1. The number of β-lactam (4-membered cyclic amide) rings is 1. The van der Waals surface area contributed by atoms with Crippen LogP contribution in [0.1, 0.15) is 11.6 Å². The van der Waals surface area contributed by atoms with Crippen LogP contribution in [-0.2, 0) is 28.7 Å². The van der Waals surface area contributed by atoms with Crippen LogP contribution in [0, 0.1) is 0 Å². The van der Waals surface area contributed by atoms with Crippen LogP contribution in [0.4, 0.5) is 4.79 Å². The highest BCUT2D eigenvalue weighted by atomic mass is 35.6. The lowest BCUT2D eigenvalue weighted by molar-refractivity contribution is -0.192. The van der Waals surface area contributed by atoms with E-state index >= 15 is 0 Å². The number of nitrogens with one attached hydrogen (secondary N) is 2. The number of carboxylic acid groups (broad SMARTS) is 1. The molecule has 1 unspecified atom stereocenters. The molecule has 2 aliphatic rings. The van der Waals surface area contributed by atoms with E-state index in [1.54, 1.807) is 5.32 Å². The second-order valence-electron chi connectivity index (χ2n) is 7.62. The number of carboxylic acids is 1. The van der Waals surface area contributed by atoms with Gasteiger partial charge >= 0.3 is 12.1 Å². The Balaban J connectivity index is 1.76. The van der Waals surface area contributed by atoms with Crippen molar-refractivity contribution in [2.75, 3.05) is 19.5 Å².